The van der Waals surface area contributed by atoms with Crippen molar-refractivity contribution < 1.29 is 4.79 Å². The van der Waals surface area contributed by atoms with E-state index in [2.05, 4.69) is 22.1 Å². The largest absolute Gasteiger partial charge is 0.349 e. The van der Waals surface area contributed by atoms with Gasteiger partial charge in [-0.15, -0.1) is 16.8 Å². The summed E-state index contributed by atoms with van der Waals surface area (Å²) in [5.41, 5.74) is 1.09. The van der Waals surface area contributed by atoms with Crippen molar-refractivity contribution in [3.8, 4) is 0 Å². The molecule has 0 saturated heterocycles. The van der Waals surface area contributed by atoms with Crippen molar-refractivity contribution in [1.29, 1.82) is 0 Å². The third-order valence-electron chi connectivity index (χ3n) is 2.92. The quantitative estimate of drug-likeness (QED) is 0.630. The van der Waals surface area contributed by atoms with Crippen LogP contribution in [0.2, 0.25) is 0 Å². The molecule has 1 atom stereocenters. The molecule has 6 heteroatoms. The number of rotatable bonds is 7. The van der Waals surface area contributed by atoms with E-state index >= 15 is 0 Å². The number of carbonyl (C=O) groups excluding carboxylic acids is 1. The van der Waals surface area contributed by atoms with E-state index in [1.165, 1.54) is 11.8 Å². The summed E-state index contributed by atoms with van der Waals surface area (Å²) >= 11 is 1.37. The molecule has 0 unspecified atom stereocenters. The number of thioether (sulfide) groups is 1. The highest BCUT2D eigenvalue weighted by atomic mass is 32.2. The van der Waals surface area contributed by atoms with Gasteiger partial charge in [-0.2, -0.15) is 0 Å². The molecule has 1 N–H and O–H groups in total. The Hall–Kier alpha value is -2.08. The monoisotopic (exact) mass is 302 g/mol. The summed E-state index contributed by atoms with van der Waals surface area (Å²) in [4.78, 5) is 12.0. The van der Waals surface area contributed by atoms with Gasteiger partial charge in [-0.05, 0) is 12.5 Å². The smallest absolute Gasteiger partial charge is 0.230 e. The molecule has 0 fully saturated rings. The molecule has 0 aliphatic rings. The van der Waals surface area contributed by atoms with Gasteiger partial charge in [0.2, 0.25) is 5.91 Å². The van der Waals surface area contributed by atoms with Crippen LogP contribution in [0.25, 0.3) is 0 Å². The molecule has 0 aliphatic carbocycles. The van der Waals surface area contributed by atoms with E-state index in [-0.39, 0.29) is 11.9 Å². The summed E-state index contributed by atoms with van der Waals surface area (Å²) in [6, 6.07) is 9.87. The lowest BCUT2D eigenvalue weighted by molar-refractivity contribution is -0.119. The number of nitrogens with zero attached hydrogens (tertiary/aromatic N) is 3. The van der Waals surface area contributed by atoms with Crippen molar-refractivity contribution in [3.63, 3.8) is 0 Å². The van der Waals surface area contributed by atoms with Gasteiger partial charge >= 0.3 is 0 Å². The lowest BCUT2D eigenvalue weighted by Gasteiger charge is -2.14. The van der Waals surface area contributed by atoms with Crippen LogP contribution in [-0.4, -0.2) is 26.4 Å². The fourth-order valence-corrected chi connectivity index (χ4v) is 2.59. The number of hydrogen-bond donors (Lipinski definition) is 1. The Kier molecular flexibility index (Phi) is 5.57. The SMILES string of the molecule is C=CCn1cnnc1SCC(=O)N[C@H](C)c1ccccc1. The summed E-state index contributed by atoms with van der Waals surface area (Å²) in [5, 5.41) is 11.5. The lowest BCUT2D eigenvalue weighted by Crippen LogP contribution is -2.28. The maximum Gasteiger partial charge on any atom is 0.230 e. The number of benzene rings is 1. The minimum absolute atomic E-state index is 0.00894. The van der Waals surface area contributed by atoms with Crippen LogP contribution in [0.15, 0.2) is 54.5 Å². The van der Waals surface area contributed by atoms with Crippen LogP contribution in [0.3, 0.4) is 0 Å². The van der Waals surface area contributed by atoms with E-state index in [9.17, 15) is 4.79 Å². The van der Waals surface area contributed by atoms with Crippen LogP contribution in [0.5, 0.6) is 0 Å². The van der Waals surface area contributed by atoms with E-state index in [0.29, 0.717) is 12.3 Å². The van der Waals surface area contributed by atoms with E-state index < -0.39 is 0 Å². The highest BCUT2D eigenvalue weighted by molar-refractivity contribution is 7.99. The van der Waals surface area contributed by atoms with E-state index in [1.54, 1.807) is 12.4 Å². The standard InChI is InChI=1S/C15H18N4OS/c1-3-9-19-11-16-18-15(19)21-10-14(20)17-12(2)13-7-5-4-6-8-13/h3-8,11-12H,1,9-10H2,2H3,(H,17,20)/t12-/m1/s1. The van der Waals surface area contributed by atoms with Gasteiger partial charge in [0.25, 0.3) is 0 Å². The van der Waals surface area contributed by atoms with Gasteiger partial charge in [0.1, 0.15) is 6.33 Å². The average Bonchev–Trinajstić information content (AvgIpc) is 2.94. The molecular formula is C15H18N4OS. The summed E-state index contributed by atoms with van der Waals surface area (Å²) in [5.74, 6) is 0.289. The molecule has 2 rings (SSSR count). The Labute approximate surface area is 128 Å². The lowest BCUT2D eigenvalue weighted by atomic mass is 10.1. The van der Waals surface area contributed by atoms with Crippen molar-refractivity contribution in [2.45, 2.75) is 24.7 Å². The molecule has 0 spiro atoms. The molecule has 110 valence electrons. The molecule has 21 heavy (non-hydrogen) atoms. The van der Waals surface area contributed by atoms with Crippen LogP contribution in [0.1, 0.15) is 18.5 Å². The maximum atomic E-state index is 12.0. The van der Waals surface area contributed by atoms with Crippen LogP contribution >= 0.6 is 11.8 Å². The molecule has 0 saturated carbocycles. The van der Waals surface area contributed by atoms with Gasteiger partial charge in [-0.25, -0.2) is 0 Å². The van der Waals surface area contributed by atoms with Gasteiger partial charge in [-0.1, -0.05) is 48.2 Å². The van der Waals surface area contributed by atoms with Crippen molar-refractivity contribution in [2.24, 2.45) is 0 Å². The van der Waals surface area contributed by atoms with Crippen molar-refractivity contribution in [1.82, 2.24) is 20.1 Å². The van der Waals surface area contributed by atoms with Crippen LogP contribution in [0.4, 0.5) is 0 Å². The molecule has 5 nitrogen and oxygen atoms in total. The molecule has 1 heterocycles. The maximum absolute atomic E-state index is 12.0. The summed E-state index contributed by atoms with van der Waals surface area (Å²) in [6.07, 6.45) is 3.40. The van der Waals surface area contributed by atoms with Crippen LogP contribution < -0.4 is 5.32 Å². The third kappa shape index (κ3) is 4.46. The average molecular weight is 302 g/mol. The minimum atomic E-state index is -0.0236. The first-order valence-corrected chi connectivity index (χ1v) is 7.65. The first-order chi connectivity index (χ1) is 10.2. The molecule has 0 radical (unpaired) electrons. The van der Waals surface area contributed by atoms with Crippen molar-refractivity contribution in [2.75, 3.05) is 5.75 Å². The fourth-order valence-electron chi connectivity index (χ4n) is 1.86. The first-order valence-electron chi connectivity index (χ1n) is 6.66. The number of allylic oxidation sites excluding steroid dienone is 1. The highest BCUT2D eigenvalue weighted by Gasteiger charge is 2.11. The van der Waals surface area contributed by atoms with E-state index in [1.807, 2.05) is 41.8 Å². The number of aromatic nitrogens is 3. The second-order valence-corrected chi connectivity index (χ2v) is 5.49. The predicted molar refractivity (Wildman–Crippen MR) is 83.9 cm³/mol. The summed E-state index contributed by atoms with van der Waals surface area (Å²) in [7, 11) is 0. The Morgan fingerprint density at radius 2 is 2.24 bits per heavy atom. The van der Waals surface area contributed by atoms with Crippen LogP contribution in [0, 0.1) is 0 Å². The number of amides is 1. The fraction of sp³-hybridized carbons (Fsp3) is 0.267. The molecule has 0 bridgehead atoms. The predicted octanol–water partition coefficient (Wildman–Crippen LogP) is 2.43. The Morgan fingerprint density at radius 3 is 2.95 bits per heavy atom. The molecule has 1 amide bonds. The normalized spacial score (nSPS) is 11.9. The Morgan fingerprint density at radius 1 is 1.48 bits per heavy atom. The molecule has 2 aromatic rings. The zero-order chi connectivity index (χ0) is 15.1. The topological polar surface area (TPSA) is 59.8 Å². The summed E-state index contributed by atoms with van der Waals surface area (Å²) in [6.45, 7) is 6.29. The number of nitrogens with one attached hydrogen (secondary N) is 1. The van der Waals surface area contributed by atoms with Gasteiger partial charge in [0, 0.05) is 6.54 Å². The second kappa shape index (κ2) is 7.64. The summed E-state index contributed by atoms with van der Waals surface area (Å²) < 4.78 is 1.85. The van der Waals surface area contributed by atoms with E-state index in [0.717, 1.165) is 10.7 Å². The van der Waals surface area contributed by atoms with Crippen LogP contribution in [-0.2, 0) is 11.3 Å². The zero-order valence-corrected chi connectivity index (χ0v) is 12.7. The van der Waals surface area contributed by atoms with Gasteiger partial charge in [0.15, 0.2) is 5.16 Å². The highest BCUT2D eigenvalue weighted by Crippen LogP contribution is 2.16. The van der Waals surface area contributed by atoms with E-state index in [4.69, 9.17) is 0 Å². The van der Waals surface area contributed by atoms with Crippen molar-refractivity contribution in [3.05, 3.63) is 54.9 Å². The number of hydrogen-bond acceptors (Lipinski definition) is 4. The minimum Gasteiger partial charge on any atom is -0.349 e. The Bertz CT molecular complexity index is 597. The Balaban J connectivity index is 1.85. The third-order valence-corrected chi connectivity index (χ3v) is 3.90. The van der Waals surface area contributed by atoms with Gasteiger partial charge in [0.05, 0.1) is 11.8 Å². The second-order valence-electron chi connectivity index (χ2n) is 4.54. The van der Waals surface area contributed by atoms with Gasteiger partial charge < -0.3 is 9.88 Å². The van der Waals surface area contributed by atoms with Crippen molar-refractivity contribution >= 4 is 17.7 Å². The molecule has 1 aromatic carbocycles. The van der Waals surface area contributed by atoms with Gasteiger partial charge in [-0.3, -0.25) is 4.79 Å². The molecule has 0 aliphatic heterocycles. The number of carbonyl (C=O) groups is 1. The first kappa shape index (κ1) is 15.3. The molecular weight excluding hydrogens is 284 g/mol. The zero-order valence-electron chi connectivity index (χ0n) is 11.9. The molecule has 1 aromatic heterocycles.